The maximum Gasteiger partial charge on any atom is 0.336 e. The Morgan fingerprint density at radius 2 is 1.59 bits per heavy atom. The number of carbonyl (C=O) groups excluding carboxylic acids is 1. The Morgan fingerprint density at radius 1 is 0.878 bits per heavy atom. The van der Waals surface area contributed by atoms with Crippen LogP contribution in [-0.4, -0.2) is 5.97 Å². The van der Waals surface area contributed by atoms with Crippen molar-refractivity contribution in [3.05, 3.63) is 134 Å². The predicted molar refractivity (Wildman–Crippen MR) is 160 cm³/mol. The lowest BCUT2D eigenvalue weighted by Crippen LogP contribution is -2.06. The highest BCUT2D eigenvalue weighted by molar-refractivity contribution is 6.32. The summed E-state index contributed by atoms with van der Waals surface area (Å²) in [5.41, 5.74) is 3.26. The highest BCUT2D eigenvalue weighted by Gasteiger charge is 2.13. The Morgan fingerprint density at radius 3 is 2.32 bits per heavy atom. The Hall–Kier alpha value is -4.52. The van der Waals surface area contributed by atoms with Crippen molar-refractivity contribution in [3.63, 3.8) is 0 Å². The molecule has 0 amide bonds. The number of hydrogen-bond acceptors (Lipinski definition) is 6. The number of ether oxygens (including phenoxy) is 3. The molecule has 0 fully saturated rings. The van der Waals surface area contributed by atoms with E-state index >= 15 is 0 Å². The van der Waals surface area contributed by atoms with Gasteiger partial charge in [0.25, 0.3) is 0 Å². The third-order valence-corrected chi connectivity index (χ3v) is 7.18. The van der Waals surface area contributed by atoms with Crippen molar-refractivity contribution in [1.82, 2.24) is 0 Å². The number of benzene rings is 4. The van der Waals surface area contributed by atoms with Crippen LogP contribution in [0.25, 0.3) is 17.0 Å². The van der Waals surface area contributed by atoms with Crippen LogP contribution in [0.1, 0.15) is 22.3 Å². The second kappa shape index (κ2) is 12.3. The molecule has 0 saturated carbocycles. The van der Waals surface area contributed by atoms with Crippen molar-refractivity contribution in [2.24, 2.45) is 0 Å². The molecular weight excluding hydrogens is 563 g/mol. The number of rotatable bonds is 8. The summed E-state index contributed by atoms with van der Waals surface area (Å²) in [6.07, 6.45) is 4.18. The van der Waals surface area contributed by atoms with Crippen LogP contribution in [0.3, 0.4) is 0 Å². The summed E-state index contributed by atoms with van der Waals surface area (Å²) in [7, 11) is 0. The zero-order valence-electron chi connectivity index (χ0n) is 22.2. The molecule has 1 heterocycles. The standard InChI is InChI=1S/C33H24Cl2O6/c1-20-15-26(16-21(2)32(20)35)40-30-19-39-29-17-25(12-13-27(29)33(30)37)41-31(36)14-9-22-7-10-24(11-8-22)38-18-23-5-3-4-6-28(23)34/h3-17,19H,18H2,1-2H3. The average molecular weight is 587 g/mol. The summed E-state index contributed by atoms with van der Waals surface area (Å²) >= 11 is 12.4. The number of carbonyl (C=O) groups is 1. The Labute approximate surface area is 246 Å². The largest absolute Gasteiger partial charge is 0.489 e. The minimum atomic E-state index is -0.584. The first kappa shape index (κ1) is 28.0. The third-order valence-electron chi connectivity index (χ3n) is 6.21. The topological polar surface area (TPSA) is 75.0 Å². The highest BCUT2D eigenvalue weighted by atomic mass is 35.5. The number of hydrogen-bond donors (Lipinski definition) is 0. The quantitative estimate of drug-likeness (QED) is 0.103. The zero-order chi connectivity index (χ0) is 28.9. The van der Waals surface area contributed by atoms with Crippen LogP contribution in [0, 0.1) is 13.8 Å². The van der Waals surface area contributed by atoms with Crippen molar-refractivity contribution in [2.45, 2.75) is 20.5 Å². The van der Waals surface area contributed by atoms with E-state index in [1.807, 2.05) is 50.2 Å². The molecule has 41 heavy (non-hydrogen) atoms. The molecule has 5 aromatic rings. The van der Waals surface area contributed by atoms with Crippen molar-refractivity contribution in [1.29, 1.82) is 0 Å². The lowest BCUT2D eigenvalue weighted by molar-refractivity contribution is -0.128. The fraction of sp³-hybridized carbons (Fsp3) is 0.0909. The Bertz CT molecular complexity index is 1800. The minimum absolute atomic E-state index is 0.0339. The molecule has 0 atom stereocenters. The molecule has 0 spiro atoms. The van der Waals surface area contributed by atoms with Gasteiger partial charge in [-0.05, 0) is 79.1 Å². The first-order valence-electron chi connectivity index (χ1n) is 12.6. The first-order chi connectivity index (χ1) is 19.8. The van der Waals surface area contributed by atoms with E-state index in [9.17, 15) is 9.59 Å². The number of halogens is 2. The molecule has 0 unspecified atom stereocenters. The van der Waals surface area contributed by atoms with Crippen LogP contribution in [0.15, 0.2) is 100 Å². The van der Waals surface area contributed by atoms with Crippen molar-refractivity contribution < 1.29 is 23.4 Å². The van der Waals surface area contributed by atoms with Crippen LogP contribution >= 0.6 is 23.2 Å². The average Bonchev–Trinajstić information content (AvgIpc) is 2.96. The van der Waals surface area contributed by atoms with E-state index in [1.165, 1.54) is 30.5 Å². The molecule has 206 valence electrons. The molecule has 0 bridgehead atoms. The Kier molecular flexibility index (Phi) is 8.43. The molecule has 5 rings (SSSR count). The molecule has 0 aliphatic carbocycles. The second-order valence-electron chi connectivity index (χ2n) is 9.26. The van der Waals surface area contributed by atoms with Crippen LogP contribution in [0.4, 0.5) is 0 Å². The normalized spacial score (nSPS) is 11.1. The summed E-state index contributed by atoms with van der Waals surface area (Å²) in [6.45, 7) is 4.07. The lowest BCUT2D eigenvalue weighted by atomic mass is 10.1. The van der Waals surface area contributed by atoms with Crippen molar-refractivity contribution in [3.8, 4) is 23.0 Å². The van der Waals surface area contributed by atoms with Gasteiger partial charge in [-0.15, -0.1) is 0 Å². The maximum absolute atomic E-state index is 13.0. The van der Waals surface area contributed by atoms with Gasteiger partial charge in [-0.1, -0.05) is 53.5 Å². The van der Waals surface area contributed by atoms with Gasteiger partial charge in [-0.25, -0.2) is 4.79 Å². The first-order valence-corrected chi connectivity index (χ1v) is 13.4. The highest BCUT2D eigenvalue weighted by Crippen LogP contribution is 2.29. The fourth-order valence-electron chi connectivity index (χ4n) is 4.08. The van der Waals surface area contributed by atoms with Gasteiger partial charge < -0.3 is 18.6 Å². The van der Waals surface area contributed by atoms with Crippen LogP contribution in [0.5, 0.6) is 23.0 Å². The van der Waals surface area contributed by atoms with E-state index in [2.05, 4.69) is 0 Å². The molecular formula is C33H24Cl2O6. The molecule has 0 radical (unpaired) electrons. The molecule has 0 saturated heterocycles. The van der Waals surface area contributed by atoms with Gasteiger partial charge in [-0.3, -0.25) is 4.79 Å². The van der Waals surface area contributed by atoms with Crippen LogP contribution in [-0.2, 0) is 11.4 Å². The van der Waals surface area contributed by atoms with Crippen LogP contribution in [0.2, 0.25) is 10.0 Å². The number of fused-ring (bicyclic) bond motifs is 1. The molecule has 0 N–H and O–H groups in total. The van der Waals surface area contributed by atoms with Gasteiger partial charge in [0.2, 0.25) is 11.2 Å². The minimum Gasteiger partial charge on any atom is -0.489 e. The summed E-state index contributed by atoms with van der Waals surface area (Å²) in [4.78, 5) is 25.4. The molecule has 0 aliphatic rings. The summed E-state index contributed by atoms with van der Waals surface area (Å²) in [5.74, 6) is 0.837. The molecule has 0 aliphatic heterocycles. The van der Waals surface area contributed by atoms with Crippen molar-refractivity contribution >= 4 is 46.2 Å². The zero-order valence-corrected chi connectivity index (χ0v) is 23.7. The van der Waals surface area contributed by atoms with Gasteiger partial charge in [0.05, 0.1) is 5.39 Å². The maximum atomic E-state index is 13.0. The van der Waals surface area contributed by atoms with Gasteiger partial charge >= 0.3 is 5.97 Å². The van der Waals surface area contributed by atoms with Gasteiger partial charge in [0.15, 0.2) is 0 Å². The van der Waals surface area contributed by atoms with Crippen molar-refractivity contribution in [2.75, 3.05) is 0 Å². The van der Waals surface area contributed by atoms with Crippen LogP contribution < -0.4 is 19.6 Å². The van der Waals surface area contributed by atoms with Gasteiger partial charge in [0.1, 0.15) is 35.7 Å². The third kappa shape index (κ3) is 6.80. The van der Waals surface area contributed by atoms with E-state index in [0.29, 0.717) is 28.2 Å². The Balaban J connectivity index is 1.21. The SMILES string of the molecule is Cc1cc(Oc2coc3cc(OC(=O)C=Cc4ccc(OCc5ccccc5Cl)cc4)ccc3c2=O)cc(C)c1Cl. The van der Waals surface area contributed by atoms with E-state index < -0.39 is 5.97 Å². The summed E-state index contributed by atoms with van der Waals surface area (Å²) in [6, 6.07) is 22.8. The van der Waals surface area contributed by atoms with E-state index in [-0.39, 0.29) is 27.9 Å². The number of esters is 1. The summed E-state index contributed by atoms with van der Waals surface area (Å²) in [5, 5.41) is 1.59. The molecule has 1 aromatic heterocycles. The van der Waals surface area contributed by atoms with E-state index in [4.69, 9.17) is 41.8 Å². The second-order valence-corrected chi connectivity index (χ2v) is 10.0. The monoisotopic (exact) mass is 586 g/mol. The number of aryl methyl sites for hydroxylation is 2. The van der Waals surface area contributed by atoms with Gasteiger partial charge in [-0.2, -0.15) is 0 Å². The molecule has 4 aromatic carbocycles. The van der Waals surface area contributed by atoms with E-state index in [1.54, 1.807) is 30.3 Å². The predicted octanol–water partition coefficient (Wildman–Crippen LogP) is 8.71. The smallest absolute Gasteiger partial charge is 0.336 e. The molecule has 6 nitrogen and oxygen atoms in total. The van der Waals surface area contributed by atoms with Gasteiger partial charge in [0, 0.05) is 27.8 Å². The summed E-state index contributed by atoms with van der Waals surface area (Å²) < 4.78 is 22.6. The fourth-order valence-corrected chi connectivity index (χ4v) is 4.38. The van der Waals surface area contributed by atoms with E-state index in [0.717, 1.165) is 22.3 Å². The lowest BCUT2D eigenvalue weighted by Gasteiger charge is -2.09. The molecule has 8 heteroatoms.